The van der Waals surface area contributed by atoms with E-state index in [0.29, 0.717) is 12.1 Å². The maximum atomic E-state index is 14.4. The van der Waals surface area contributed by atoms with Crippen molar-refractivity contribution in [3.8, 4) is 0 Å². The van der Waals surface area contributed by atoms with Crippen LogP contribution in [0.4, 0.5) is 8.78 Å². The summed E-state index contributed by atoms with van der Waals surface area (Å²) >= 11 is 0. The number of nitrogens with zero attached hydrogens (tertiary/aromatic N) is 1. The van der Waals surface area contributed by atoms with E-state index in [-0.39, 0.29) is 29.9 Å². The second kappa shape index (κ2) is 7.58. The molecule has 128 valence electrons. The molecule has 1 aromatic rings. The van der Waals surface area contributed by atoms with Crippen molar-refractivity contribution in [3.63, 3.8) is 0 Å². The molecule has 1 aromatic carbocycles. The zero-order valence-corrected chi connectivity index (χ0v) is 14.1. The summed E-state index contributed by atoms with van der Waals surface area (Å²) in [5.74, 6) is -1.41. The summed E-state index contributed by atoms with van der Waals surface area (Å²) in [4.78, 5) is 14.1. The maximum absolute atomic E-state index is 14.4. The highest BCUT2D eigenvalue weighted by molar-refractivity contribution is 5.95. The van der Waals surface area contributed by atoms with E-state index >= 15 is 0 Å². The van der Waals surface area contributed by atoms with Gasteiger partial charge in [-0.05, 0) is 69.3 Å². The van der Waals surface area contributed by atoms with Crippen molar-refractivity contribution in [2.24, 2.45) is 0 Å². The van der Waals surface area contributed by atoms with Gasteiger partial charge in [0, 0.05) is 12.6 Å². The van der Waals surface area contributed by atoms with Gasteiger partial charge in [-0.2, -0.15) is 0 Å². The van der Waals surface area contributed by atoms with Crippen molar-refractivity contribution >= 4 is 18.3 Å². The van der Waals surface area contributed by atoms with E-state index < -0.39 is 17.5 Å². The van der Waals surface area contributed by atoms with Crippen molar-refractivity contribution in [1.82, 2.24) is 10.2 Å². The molecule has 23 heavy (non-hydrogen) atoms. The van der Waals surface area contributed by atoms with E-state index in [2.05, 4.69) is 5.32 Å². The molecule has 0 radical (unpaired) electrons. The Morgan fingerprint density at radius 1 is 1.17 bits per heavy atom. The molecule has 1 atom stereocenters. The van der Waals surface area contributed by atoms with Crippen LogP contribution in [0.5, 0.6) is 0 Å². The second-order valence-corrected chi connectivity index (χ2v) is 6.37. The second-order valence-electron chi connectivity index (χ2n) is 6.37. The topological polar surface area (TPSA) is 32.3 Å². The minimum Gasteiger partial charge on any atom is -0.336 e. The molecule has 0 bridgehead atoms. The van der Waals surface area contributed by atoms with Gasteiger partial charge in [0.15, 0.2) is 0 Å². The Hall–Kier alpha value is -1.20. The molecular formula is C17H23ClF2N2O. The van der Waals surface area contributed by atoms with Gasteiger partial charge in [-0.15, -0.1) is 12.4 Å². The monoisotopic (exact) mass is 344 g/mol. The zero-order chi connectivity index (χ0) is 15.7. The third kappa shape index (κ3) is 3.66. The first-order valence-electron chi connectivity index (χ1n) is 8.08. The van der Waals surface area contributed by atoms with Gasteiger partial charge in [0.05, 0.1) is 5.56 Å². The normalized spacial score (nSPS) is 22.0. The zero-order valence-electron chi connectivity index (χ0n) is 13.3. The molecule has 0 spiro atoms. The van der Waals surface area contributed by atoms with Crippen molar-refractivity contribution < 1.29 is 13.6 Å². The molecule has 6 heteroatoms. The SMILES string of the molecule is CC1CCCN1C(=O)c1cc(F)c(C2CCNCC2)cc1F.Cl. The lowest BCUT2D eigenvalue weighted by molar-refractivity contribution is 0.0742. The molecule has 1 unspecified atom stereocenters. The Labute approximate surface area is 141 Å². The molecule has 2 fully saturated rings. The quantitative estimate of drug-likeness (QED) is 0.890. The number of hydrogen-bond donors (Lipinski definition) is 1. The fourth-order valence-corrected chi connectivity index (χ4v) is 3.56. The van der Waals surface area contributed by atoms with Crippen LogP contribution in [0.1, 0.15) is 54.4 Å². The molecule has 2 aliphatic heterocycles. The number of carbonyl (C=O) groups excluding carboxylic acids is 1. The number of rotatable bonds is 2. The summed E-state index contributed by atoms with van der Waals surface area (Å²) in [5.41, 5.74) is 0.272. The average molecular weight is 345 g/mol. The predicted octanol–water partition coefficient (Wildman–Crippen LogP) is 3.48. The standard InChI is InChI=1S/C17H22F2N2O.ClH/c1-11-3-2-8-21(11)17(22)14-10-15(18)13(9-16(14)19)12-4-6-20-7-5-12;/h9-12,20H,2-8H2,1H3;1H. The summed E-state index contributed by atoms with van der Waals surface area (Å²) in [6, 6.07) is 2.43. The predicted molar refractivity (Wildman–Crippen MR) is 88.2 cm³/mol. The number of hydrogen-bond acceptors (Lipinski definition) is 2. The lowest BCUT2D eigenvalue weighted by atomic mass is 9.89. The van der Waals surface area contributed by atoms with Crippen molar-refractivity contribution in [1.29, 1.82) is 0 Å². The summed E-state index contributed by atoms with van der Waals surface area (Å²) in [5, 5.41) is 3.21. The first-order chi connectivity index (χ1) is 10.6. The Morgan fingerprint density at radius 2 is 1.87 bits per heavy atom. The molecular weight excluding hydrogens is 322 g/mol. The summed E-state index contributed by atoms with van der Waals surface area (Å²) in [6.07, 6.45) is 3.44. The summed E-state index contributed by atoms with van der Waals surface area (Å²) in [6.45, 7) is 4.20. The van der Waals surface area contributed by atoms with Gasteiger partial charge in [-0.3, -0.25) is 4.79 Å². The molecule has 2 heterocycles. The smallest absolute Gasteiger partial charge is 0.257 e. The van der Waals surface area contributed by atoms with Gasteiger partial charge in [-0.1, -0.05) is 0 Å². The minimum absolute atomic E-state index is 0. The average Bonchev–Trinajstić information content (AvgIpc) is 2.95. The number of likely N-dealkylation sites (tertiary alicyclic amines) is 1. The van der Waals surface area contributed by atoms with E-state index in [9.17, 15) is 13.6 Å². The van der Waals surface area contributed by atoms with Gasteiger partial charge < -0.3 is 10.2 Å². The third-order valence-corrected chi connectivity index (χ3v) is 4.91. The van der Waals surface area contributed by atoms with Crippen LogP contribution in [0, 0.1) is 11.6 Å². The molecule has 0 aromatic heterocycles. The molecule has 2 saturated heterocycles. The van der Waals surface area contributed by atoms with E-state index in [1.807, 2.05) is 6.92 Å². The van der Waals surface area contributed by atoms with Crippen LogP contribution in [0.25, 0.3) is 0 Å². The van der Waals surface area contributed by atoms with E-state index in [4.69, 9.17) is 0 Å². The fourth-order valence-electron chi connectivity index (χ4n) is 3.56. The molecule has 3 rings (SSSR count). The van der Waals surface area contributed by atoms with Crippen LogP contribution in [-0.4, -0.2) is 36.5 Å². The highest BCUT2D eigenvalue weighted by Crippen LogP contribution is 2.30. The maximum Gasteiger partial charge on any atom is 0.257 e. The summed E-state index contributed by atoms with van der Waals surface area (Å²) in [7, 11) is 0. The molecule has 0 saturated carbocycles. The number of carbonyl (C=O) groups is 1. The Bertz CT molecular complexity index is 576. The van der Waals surface area contributed by atoms with Crippen LogP contribution in [0.3, 0.4) is 0 Å². The van der Waals surface area contributed by atoms with Crippen molar-refractivity contribution in [2.75, 3.05) is 19.6 Å². The lowest BCUT2D eigenvalue weighted by Crippen LogP contribution is -2.34. The van der Waals surface area contributed by atoms with Crippen LogP contribution in [0.15, 0.2) is 12.1 Å². The van der Waals surface area contributed by atoms with Gasteiger partial charge in [-0.25, -0.2) is 8.78 Å². The number of piperidine rings is 1. The number of halogens is 3. The number of amides is 1. The Kier molecular flexibility index (Phi) is 5.98. The number of benzene rings is 1. The van der Waals surface area contributed by atoms with E-state index in [1.54, 1.807) is 4.90 Å². The first-order valence-corrected chi connectivity index (χ1v) is 8.08. The molecule has 3 nitrogen and oxygen atoms in total. The van der Waals surface area contributed by atoms with Crippen LogP contribution < -0.4 is 5.32 Å². The van der Waals surface area contributed by atoms with Gasteiger partial charge >= 0.3 is 0 Å². The largest absolute Gasteiger partial charge is 0.336 e. The first kappa shape index (κ1) is 18.1. The molecule has 1 N–H and O–H groups in total. The highest BCUT2D eigenvalue weighted by Gasteiger charge is 2.29. The van der Waals surface area contributed by atoms with Crippen LogP contribution >= 0.6 is 12.4 Å². The lowest BCUT2D eigenvalue weighted by Gasteiger charge is -2.25. The molecule has 0 aliphatic carbocycles. The molecule has 2 aliphatic rings. The fraction of sp³-hybridized carbons (Fsp3) is 0.588. The molecule has 1 amide bonds. The minimum atomic E-state index is -0.598. The van der Waals surface area contributed by atoms with Crippen LogP contribution in [-0.2, 0) is 0 Å². The Morgan fingerprint density at radius 3 is 2.48 bits per heavy atom. The highest BCUT2D eigenvalue weighted by atomic mass is 35.5. The van der Waals surface area contributed by atoms with Gasteiger partial charge in [0.25, 0.3) is 5.91 Å². The van der Waals surface area contributed by atoms with Crippen molar-refractivity contribution in [3.05, 3.63) is 34.9 Å². The van der Waals surface area contributed by atoms with Crippen LogP contribution in [0.2, 0.25) is 0 Å². The van der Waals surface area contributed by atoms with Gasteiger partial charge in [0.1, 0.15) is 11.6 Å². The van der Waals surface area contributed by atoms with Gasteiger partial charge in [0.2, 0.25) is 0 Å². The van der Waals surface area contributed by atoms with E-state index in [0.717, 1.165) is 44.8 Å². The van der Waals surface area contributed by atoms with Crippen molar-refractivity contribution in [2.45, 2.75) is 44.6 Å². The Balaban J connectivity index is 0.00000192. The third-order valence-electron chi connectivity index (χ3n) is 4.91. The summed E-state index contributed by atoms with van der Waals surface area (Å²) < 4.78 is 28.8. The van der Waals surface area contributed by atoms with E-state index in [1.165, 1.54) is 6.07 Å². The number of nitrogens with one attached hydrogen (secondary N) is 1.